The van der Waals surface area contributed by atoms with Crippen molar-refractivity contribution >= 4 is 5.91 Å². The zero-order valence-electron chi connectivity index (χ0n) is 7.79. The molecule has 2 heteroatoms. The van der Waals surface area contributed by atoms with Crippen LogP contribution in [0.1, 0.15) is 18.1 Å². The lowest BCUT2D eigenvalue weighted by Crippen LogP contribution is -2.34. The van der Waals surface area contributed by atoms with Crippen LogP contribution in [0.5, 0.6) is 0 Å². The van der Waals surface area contributed by atoms with Gasteiger partial charge in [0.2, 0.25) is 5.91 Å². The summed E-state index contributed by atoms with van der Waals surface area (Å²) in [4.78, 5) is 13.0. The van der Waals surface area contributed by atoms with E-state index in [0.29, 0.717) is 0 Å². The summed E-state index contributed by atoms with van der Waals surface area (Å²) in [6.45, 7) is 3.28. The van der Waals surface area contributed by atoms with Gasteiger partial charge in [0.15, 0.2) is 0 Å². The van der Waals surface area contributed by atoms with Crippen molar-refractivity contribution in [3.05, 3.63) is 35.4 Å². The molecule has 0 aromatic heterocycles. The zero-order valence-corrected chi connectivity index (χ0v) is 7.79. The fourth-order valence-corrected chi connectivity index (χ4v) is 1.76. The number of nitrogens with zero attached hydrogens (tertiary/aromatic N) is 1. The summed E-state index contributed by atoms with van der Waals surface area (Å²) in [5, 5.41) is 0. The van der Waals surface area contributed by atoms with Gasteiger partial charge in [-0.05, 0) is 17.5 Å². The van der Waals surface area contributed by atoms with Crippen LogP contribution >= 0.6 is 0 Å². The van der Waals surface area contributed by atoms with Gasteiger partial charge in [0.1, 0.15) is 0 Å². The van der Waals surface area contributed by atoms with Gasteiger partial charge in [-0.1, -0.05) is 24.3 Å². The molecule has 0 spiro atoms. The molecule has 0 atom stereocenters. The Morgan fingerprint density at radius 1 is 1.31 bits per heavy atom. The number of carbonyl (C=O) groups excluding carboxylic acids is 1. The Bertz CT molecular complexity index is 333. The van der Waals surface area contributed by atoms with Gasteiger partial charge in [-0.15, -0.1) is 0 Å². The summed E-state index contributed by atoms with van der Waals surface area (Å²) in [7, 11) is 0. The first-order valence-electron chi connectivity index (χ1n) is 4.59. The molecular weight excluding hydrogens is 161 g/mol. The maximum Gasteiger partial charge on any atom is 0.219 e. The van der Waals surface area contributed by atoms with Crippen molar-refractivity contribution in [3.8, 4) is 0 Å². The highest BCUT2D eigenvalue weighted by atomic mass is 16.1. The monoisotopic (exact) mass is 174 g/mol. The standard InChI is InChI=1S/C11H13NO/c1-9(13)12-7-6-10-4-2-3-5-11(10)8-12/h2-5H,6-8H2,1H3/i9-1. The van der Waals surface area contributed by atoms with E-state index in [2.05, 4.69) is 18.2 Å². The molecule has 0 N–H and O–H groups in total. The Hall–Kier alpha value is -1.31. The molecule has 2 rings (SSSR count). The molecule has 0 unspecified atom stereocenters. The second-order valence-electron chi connectivity index (χ2n) is 3.46. The second-order valence-corrected chi connectivity index (χ2v) is 3.46. The molecule has 1 aromatic rings. The Balaban J connectivity index is 2.24. The maximum absolute atomic E-state index is 11.1. The molecule has 68 valence electrons. The average Bonchev–Trinajstić information content (AvgIpc) is 2.17. The summed E-state index contributed by atoms with van der Waals surface area (Å²) < 4.78 is 0. The summed E-state index contributed by atoms with van der Waals surface area (Å²) in [5.41, 5.74) is 2.68. The van der Waals surface area contributed by atoms with Crippen LogP contribution in [0.25, 0.3) is 0 Å². The van der Waals surface area contributed by atoms with Crippen molar-refractivity contribution in [1.29, 1.82) is 0 Å². The van der Waals surface area contributed by atoms with Crippen LogP contribution in [-0.4, -0.2) is 17.4 Å². The van der Waals surface area contributed by atoms with E-state index < -0.39 is 0 Å². The molecule has 0 fully saturated rings. The Labute approximate surface area is 78.2 Å². The van der Waals surface area contributed by atoms with Crippen molar-refractivity contribution in [1.82, 2.24) is 4.90 Å². The van der Waals surface area contributed by atoms with E-state index in [-0.39, 0.29) is 5.91 Å². The zero-order chi connectivity index (χ0) is 9.26. The van der Waals surface area contributed by atoms with E-state index >= 15 is 0 Å². The lowest BCUT2D eigenvalue weighted by molar-refractivity contribution is -0.129. The van der Waals surface area contributed by atoms with Crippen LogP contribution in [-0.2, 0) is 17.8 Å². The minimum atomic E-state index is 0.175. The predicted molar refractivity (Wildman–Crippen MR) is 51.2 cm³/mol. The summed E-state index contributed by atoms with van der Waals surface area (Å²) in [5.74, 6) is 0.175. The van der Waals surface area contributed by atoms with Gasteiger partial charge >= 0.3 is 0 Å². The van der Waals surface area contributed by atoms with Gasteiger partial charge < -0.3 is 4.90 Å². The third kappa shape index (κ3) is 1.57. The van der Waals surface area contributed by atoms with E-state index in [1.807, 2.05) is 11.0 Å². The highest BCUT2D eigenvalue weighted by Gasteiger charge is 2.16. The van der Waals surface area contributed by atoms with Gasteiger partial charge in [-0.3, -0.25) is 4.79 Å². The minimum absolute atomic E-state index is 0.175. The number of hydrogen-bond donors (Lipinski definition) is 0. The fraction of sp³-hybridized carbons (Fsp3) is 0.364. The number of amides is 1. The number of fused-ring (bicyclic) bond motifs is 1. The van der Waals surface area contributed by atoms with E-state index in [0.717, 1.165) is 19.5 Å². The molecule has 0 saturated carbocycles. The van der Waals surface area contributed by atoms with Gasteiger partial charge in [0, 0.05) is 20.0 Å². The topological polar surface area (TPSA) is 20.3 Å². The normalized spacial score (nSPS) is 15.3. The molecular formula is C11H13NO. The van der Waals surface area contributed by atoms with Crippen LogP contribution in [0, 0.1) is 0 Å². The fourth-order valence-electron chi connectivity index (χ4n) is 1.76. The number of rotatable bonds is 0. The van der Waals surface area contributed by atoms with Crippen LogP contribution in [0.4, 0.5) is 0 Å². The Morgan fingerprint density at radius 3 is 2.69 bits per heavy atom. The van der Waals surface area contributed by atoms with Crippen molar-refractivity contribution in [2.75, 3.05) is 6.54 Å². The smallest absolute Gasteiger partial charge is 0.219 e. The van der Waals surface area contributed by atoms with Gasteiger partial charge in [-0.2, -0.15) is 0 Å². The van der Waals surface area contributed by atoms with Crippen LogP contribution in [0.15, 0.2) is 24.3 Å². The second kappa shape index (κ2) is 3.21. The third-order valence-electron chi connectivity index (χ3n) is 2.58. The molecule has 13 heavy (non-hydrogen) atoms. The minimum Gasteiger partial charge on any atom is -0.338 e. The molecule has 0 saturated heterocycles. The van der Waals surface area contributed by atoms with Crippen molar-refractivity contribution in [3.63, 3.8) is 0 Å². The Kier molecular flexibility index (Phi) is 2.05. The Morgan fingerprint density at radius 2 is 2.00 bits per heavy atom. The molecule has 0 aliphatic carbocycles. The predicted octanol–water partition coefficient (Wildman–Crippen LogP) is 1.59. The average molecular weight is 174 g/mol. The first-order chi connectivity index (χ1) is 6.27. The van der Waals surface area contributed by atoms with Crippen molar-refractivity contribution < 1.29 is 4.79 Å². The molecule has 2 nitrogen and oxygen atoms in total. The highest BCUT2D eigenvalue weighted by Crippen LogP contribution is 2.17. The quantitative estimate of drug-likeness (QED) is 0.585. The first-order valence-corrected chi connectivity index (χ1v) is 4.59. The molecule has 1 heterocycles. The summed E-state index contributed by atoms with van der Waals surface area (Å²) in [6.07, 6.45) is 0.996. The lowest BCUT2D eigenvalue weighted by atomic mass is 9.93. The van der Waals surface area contributed by atoms with Crippen LogP contribution in [0.2, 0.25) is 0 Å². The SMILES string of the molecule is C[11C](=O)N1CCc2ccccc2C1. The molecule has 1 aliphatic rings. The largest absolute Gasteiger partial charge is 0.338 e. The first kappa shape index (κ1) is 8.30. The third-order valence-corrected chi connectivity index (χ3v) is 2.58. The van der Waals surface area contributed by atoms with Crippen LogP contribution < -0.4 is 0 Å². The molecule has 1 amide bonds. The van der Waals surface area contributed by atoms with Crippen molar-refractivity contribution in [2.24, 2.45) is 0 Å². The van der Waals surface area contributed by atoms with E-state index in [4.69, 9.17) is 0 Å². The van der Waals surface area contributed by atoms with Crippen LogP contribution in [0.3, 0.4) is 0 Å². The van der Waals surface area contributed by atoms with E-state index in [9.17, 15) is 4.79 Å². The number of benzene rings is 1. The van der Waals surface area contributed by atoms with Gasteiger partial charge in [-0.25, -0.2) is 0 Å². The lowest BCUT2D eigenvalue weighted by Gasteiger charge is -2.27. The van der Waals surface area contributed by atoms with Crippen molar-refractivity contribution in [2.45, 2.75) is 19.9 Å². The number of carbonyl (C=O) groups is 1. The summed E-state index contributed by atoms with van der Waals surface area (Å²) >= 11 is 0. The number of hydrogen-bond acceptors (Lipinski definition) is 1. The van der Waals surface area contributed by atoms with E-state index in [1.54, 1.807) is 6.92 Å². The van der Waals surface area contributed by atoms with Gasteiger partial charge in [0.25, 0.3) is 0 Å². The molecule has 0 bridgehead atoms. The molecule has 1 aromatic carbocycles. The molecule has 0 radical (unpaired) electrons. The van der Waals surface area contributed by atoms with Gasteiger partial charge in [0.05, 0.1) is 0 Å². The molecule has 1 aliphatic heterocycles. The highest BCUT2D eigenvalue weighted by molar-refractivity contribution is 5.73. The maximum atomic E-state index is 11.1. The summed E-state index contributed by atoms with van der Waals surface area (Å²) in [6, 6.07) is 8.34. The van der Waals surface area contributed by atoms with E-state index in [1.165, 1.54) is 11.1 Å².